The number of methoxy groups -OCH3 is 2. The average molecular weight is 741 g/mol. The molecule has 12 heteroatoms. The van der Waals surface area contributed by atoms with E-state index in [0.717, 1.165) is 21.0 Å². The van der Waals surface area contributed by atoms with Gasteiger partial charge < -0.3 is 19.7 Å². The minimum Gasteiger partial charge on any atom is -0.493 e. The number of aryl methyl sites for hydroxylation is 2. The van der Waals surface area contributed by atoms with Crippen LogP contribution in [0.4, 0.5) is 5.69 Å². The van der Waals surface area contributed by atoms with Crippen LogP contribution in [0.25, 0.3) is 0 Å². The molecule has 0 aliphatic carbocycles. The van der Waals surface area contributed by atoms with E-state index in [2.05, 4.69) is 5.32 Å². The number of sulfonamides is 1. The number of rotatable bonds is 13. The van der Waals surface area contributed by atoms with Gasteiger partial charge >= 0.3 is 0 Å². The lowest BCUT2D eigenvalue weighted by Crippen LogP contribution is -2.56. The van der Waals surface area contributed by atoms with Crippen LogP contribution in [-0.4, -0.2) is 57.5 Å². The molecule has 4 aromatic rings. The number of halogens is 2. The van der Waals surface area contributed by atoms with E-state index < -0.39 is 40.0 Å². The van der Waals surface area contributed by atoms with E-state index in [9.17, 15) is 18.0 Å². The minimum absolute atomic E-state index is 0.0962. The highest BCUT2D eigenvalue weighted by Crippen LogP contribution is 2.33. The van der Waals surface area contributed by atoms with Crippen molar-refractivity contribution in [1.82, 2.24) is 10.2 Å². The van der Waals surface area contributed by atoms with Gasteiger partial charge in [0.25, 0.3) is 10.0 Å². The molecule has 1 unspecified atom stereocenters. The molecule has 0 aliphatic rings. The van der Waals surface area contributed by atoms with Gasteiger partial charge in [-0.25, -0.2) is 8.42 Å². The predicted molar refractivity (Wildman–Crippen MR) is 199 cm³/mol. The summed E-state index contributed by atoms with van der Waals surface area (Å²) in [4.78, 5) is 30.2. The Morgan fingerprint density at radius 2 is 1.48 bits per heavy atom. The van der Waals surface area contributed by atoms with E-state index in [4.69, 9.17) is 32.7 Å². The Hall–Kier alpha value is -4.25. The number of hydrogen-bond acceptors (Lipinski definition) is 6. The fraction of sp³-hybridized carbons (Fsp3) is 0.316. The molecule has 0 radical (unpaired) electrons. The first-order valence-corrected chi connectivity index (χ1v) is 18.1. The van der Waals surface area contributed by atoms with Crippen LogP contribution < -0.4 is 19.1 Å². The summed E-state index contributed by atoms with van der Waals surface area (Å²) in [6, 6.07) is 22.7. The second-order valence-electron chi connectivity index (χ2n) is 13.1. The summed E-state index contributed by atoms with van der Waals surface area (Å²) in [6.45, 7) is 8.53. The Bertz CT molecular complexity index is 1930. The monoisotopic (exact) mass is 739 g/mol. The number of nitrogens with one attached hydrogen (secondary N) is 1. The summed E-state index contributed by atoms with van der Waals surface area (Å²) in [5.41, 5.74) is 2.61. The van der Waals surface area contributed by atoms with E-state index in [-0.39, 0.29) is 29.3 Å². The lowest BCUT2D eigenvalue weighted by molar-refractivity contribution is -0.140. The lowest BCUT2D eigenvalue weighted by atomic mass is 10.0. The smallest absolute Gasteiger partial charge is 0.264 e. The number of ether oxygens (including phenoxy) is 2. The number of hydrogen-bond donors (Lipinski definition) is 1. The molecule has 9 nitrogen and oxygen atoms in total. The lowest BCUT2D eigenvalue weighted by Gasteiger charge is -2.35. The molecule has 50 heavy (non-hydrogen) atoms. The van der Waals surface area contributed by atoms with Gasteiger partial charge in [-0.15, -0.1) is 0 Å². The summed E-state index contributed by atoms with van der Waals surface area (Å²) >= 11 is 12.8. The zero-order valence-electron chi connectivity index (χ0n) is 29.3. The molecule has 0 bridgehead atoms. The maximum Gasteiger partial charge on any atom is 0.264 e. The summed E-state index contributed by atoms with van der Waals surface area (Å²) in [7, 11) is -1.52. The second kappa shape index (κ2) is 16.2. The maximum absolute atomic E-state index is 14.8. The van der Waals surface area contributed by atoms with Gasteiger partial charge in [0.1, 0.15) is 12.6 Å². The molecule has 0 saturated carbocycles. The molecule has 0 heterocycles. The zero-order valence-corrected chi connectivity index (χ0v) is 31.6. The van der Waals surface area contributed by atoms with E-state index in [1.54, 1.807) is 30.3 Å². The normalized spacial score (nSPS) is 12.2. The van der Waals surface area contributed by atoms with Crippen molar-refractivity contribution in [3.05, 3.63) is 117 Å². The Morgan fingerprint density at radius 3 is 2.06 bits per heavy atom. The molecule has 0 saturated heterocycles. The molecule has 2 amide bonds. The second-order valence-corrected chi connectivity index (χ2v) is 15.8. The molecule has 0 spiro atoms. The minimum atomic E-state index is -4.39. The summed E-state index contributed by atoms with van der Waals surface area (Å²) in [5.74, 6) is -0.467. The largest absolute Gasteiger partial charge is 0.493 e. The van der Waals surface area contributed by atoms with Crippen LogP contribution in [0.3, 0.4) is 0 Å². The highest BCUT2D eigenvalue weighted by atomic mass is 35.5. The number of anilines is 1. The van der Waals surface area contributed by atoms with Crippen molar-refractivity contribution in [2.45, 2.75) is 64.1 Å². The van der Waals surface area contributed by atoms with Crippen molar-refractivity contribution in [2.75, 3.05) is 25.1 Å². The molecule has 0 aliphatic heterocycles. The number of nitrogens with zero attached hydrogens (tertiary/aromatic N) is 2. The molecule has 4 aromatic carbocycles. The van der Waals surface area contributed by atoms with Crippen LogP contribution in [-0.2, 0) is 32.6 Å². The molecule has 1 atom stereocenters. The maximum atomic E-state index is 14.8. The van der Waals surface area contributed by atoms with E-state index >= 15 is 0 Å². The molecule has 0 fully saturated rings. The van der Waals surface area contributed by atoms with Crippen LogP contribution in [0.15, 0.2) is 89.8 Å². The van der Waals surface area contributed by atoms with Gasteiger partial charge in [-0.1, -0.05) is 65.7 Å². The number of amides is 2. The van der Waals surface area contributed by atoms with Gasteiger partial charge in [-0.05, 0) is 93.3 Å². The average Bonchev–Trinajstić information content (AvgIpc) is 3.04. The Kier molecular flexibility index (Phi) is 12.5. The SMILES string of the molecule is COc1ccc(S(=O)(=O)N(CC(=O)N(Cc2ccc(Cl)cc2Cl)C(Cc2ccccc2)C(=O)NC(C)(C)C)c2cc(C)cc(C)c2)cc1OC. The van der Waals surface area contributed by atoms with Gasteiger partial charge in [-0.3, -0.25) is 13.9 Å². The Balaban J connectivity index is 1.89. The van der Waals surface area contributed by atoms with E-state index in [1.807, 2.05) is 71.0 Å². The highest BCUT2D eigenvalue weighted by molar-refractivity contribution is 7.92. The first kappa shape index (κ1) is 38.6. The number of benzene rings is 4. The van der Waals surface area contributed by atoms with Crippen molar-refractivity contribution in [2.24, 2.45) is 0 Å². The third-order valence-corrected chi connectivity index (χ3v) is 10.2. The number of carbonyl (C=O) groups excluding carboxylic acids is 2. The van der Waals surface area contributed by atoms with Crippen LogP contribution in [0.1, 0.15) is 43.0 Å². The Labute approximate surface area is 305 Å². The van der Waals surface area contributed by atoms with Crippen molar-refractivity contribution >= 4 is 50.7 Å². The Morgan fingerprint density at radius 1 is 0.840 bits per heavy atom. The van der Waals surface area contributed by atoms with Crippen molar-refractivity contribution in [1.29, 1.82) is 0 Å². The molecule has 4 rings (SSSR count). The summed E-state index contributed by atoms with van der Waals surface area (Å²) in [6.07, 6.45) is 0.158. The van der Waals surface area contributed by atoms with Crippen molar-refractivity contribution in [3.8, 4) is 11.5 Å². The predicted octanol–water partition coefficient (Wildman–Crippen LogP) is 7.38. The quantitative estimate of drug-likeness (QED) is 0.154. The van der Waals surface area contributed by atoms with E-state index in [0.29, 0.717) is 21.4 Å². The summed E-state index contributed by atoms with van der Waals surface area (Å²) in [5, 5.41) is 3.73. The van der Waals surface area contributed by atoms with Crippen molar-refractivity contribution in [3.63, 3.8) is 0 Å². The molecular weight excluding hydrogens is 697 g/mol. The van der Waals surface area contributed by atoms with Gasteiger partial charge in [0.15, 0.2) is 11.5 Å². The summed E-state index contributed by atoms with van der Waals surface area (Å²) < 4.78 is 40.9. The van der Waals surface area contributed by atoms with Gasteiger partial charge in [0.05, 0.1) is 24.8 Å². The standard InChI is InChI=1S/C38H43Cl2N3O6S/c1-25-17-26(2)19-30(18-25)43(50(46,47)31-15-16-34(48-6)35(22-31)49-7)24-36(44)42(23-28-13-14-29(39)21-32(28)40)33(37(45)41-38(3,4)5)20-27-11-9-8-10-12-27/h8-19,21-22,33H,20,23-24H2,1-7H3,(H,41,45). The van der Waals surface area contributed by atoms with Crippen molar-refractivity contribution < 1.29 is 27.5 Å². The topological polar surface area (TPSA) is 105 Å². The van der Waals surface area contributed by atoms with Crippen LogP contribution >= 0.6 is 23.2 Å². The third kappa shape index (κ3) is 9.71. The van der Waals surface area contributed by atoms with E-state index in [1.165, 1.54) is 37.3 Å². The van der Waals surface area contributed by atoms with Crippen LogP contribution in [0, 0.1) is 13.8 Å². The van der Waals surface area contributed by atoms with Crippen LogP contribution in [0.5, 0.6) is 11.5 Å². The fourth-order valence-electron chi connectivity index (χ4n) is 5.57. The number of carbonyl (C=O) groups is 2. The fourth-order valence-corrected chi connectivity index (χ4v) is 7.45. The van der Waals surface area contributed by atoms with Crippen LogP contribution in [0.2, 0.25) is 10.0 Å². The molecule has 1 N–H and O–H groups in total. The van der Waals surface area contributed by atoms with Gasteiger partial charge in [-0.2, -0.15) is 0 Å². The third-order valence-electron chi connectivity index (χ3n) is 7.84. The molecule has 266 valence electrons. The molecule has 0 aromatic heterocycles. The first-order chi connectivity index (χ1) is 23.5. The zero-order chi connectivity index (χ0) is 36.8. The highest BCUT2D eigenvalue weighted by Gasteiger charge is 2.36. The van der Waals surface area contributed by atoms with Gasteiger partial charge in [0.2, 0.25) is 11.8 Å². The molecular formula is C38H43Cl2N3O6S. The first-order valence-electron chi connectivity index (χ1n) is 15.9. The van der Waals surface area contributed by atoms with Gasteiger partial charge in [0, 0.05) is 34.6 Å².